The van der Waals surface area contributed by atoms with Crippen molar-refractivity contribution in [3.05, 3.63) is 71.3 Å². The Bertz CT molecular complexity index is 1550. The highest BCUT2D eigenvalue weighted by Crippen LogP contribution is 2.37. The van der Waals surface area contributed by atoms with Crippen molar-refractivity contribution in [2.24, 2.45) is 0 Å². The second-order valence-corrected chi connectivity index (χ2v) is 9.60. The quantitative estimate of drug-likeness (QED) is 0.359. The molecule has 10 nitrogen and oxygen atoms in total. The third-order valence-electron chi connectivity index (χ3n) is 7.35. The van der Waals surface area contributed by atoms with Gasteiger partial charge in [-0.1, -0.05) is 0 Å². The average Bonchev–Trinajstić information content (AvgIpc) is 3.40. The molecule has 216 valence electrons. The van der Waals surface area contributed by atoms with Gasteiger partial charge in [0.15, 0.2) is 11.3 Å². The largest absolute Gasteiger partial charge is 0.497 e. The highest BCUT2D eigenvalue weighted by molar-refractivity contribution is 6.00. The Balaban J connectivity index is 1.45. The number of aliphatic hydroxyl groups is 1. The summed E-state index contributed by atoms with van der Waals surface area (Å²) in [6.07, 6.45) is -0.358. The van der Waals surface area contributed by atoms with Gasteiger partial charge >= 0.3 is 6.18 Å². The highest BCUT2D eigenvalue weighted by atomic mass is 19.4. The number of alkyl halides is 3. The van der Waals surface area contributed by atoms with E-state index in [1.54, 1.807) is 54.7 Å². The summed E-state index contributed by atoms with van der Waals surface area (Å²) < 4.78 is 54.1. The van der Waals surface area contributed by atoms with Gasteiger partial charge in [-0.3, -0.25) is 14.7 Å². The molecular formula is C28H29F3N6O4. The Morgan fingerprint density at radius 2 is 1.76 bits per heavy atom. The monoisotopic (exact) mass is 570 g/mol. The number of rotatable bonds is 7. The Labute approximate surface area is 233 Å². The molecule has 1 aliphatic heterocycles. The van der Waals surface area contributed by atoms with Crippen LogP contribution in [0.4, 0.5) is 13.2 Å². The van der Waals surface area contributed by atoms with Crippen molar-refractivity contribution in [2.45, 2.75) is 19.1 Å². The molecular weight excluding hydrogens is 541 g/mol. The molecule has 13 heteroatoms. The molecule has 0 spiro atoms. The fraction of sp³-hybridized carbons (Fsp3) is 0.357. The van der Waals surface area contributed by atoms with Crippen LogP contribution in [0.5, 0.6) is 11.5 Å². The number of halogens is 3. The SMILES string of the molecule is COc1ccc(-c2nc3c(C(=O)N4CCN([C@H](CO)c5cnccc5OC)CC4)cnn3c(C(F)(F)F)c2C)cc1. The fourth-order valence-corrected chi connectivity index (χ4v) is 5.24. The van der Waals surface area contributed by atoms with Gasteiger partial charge in [0.25, 0.3) is 5.91 Å². The van der Waals surface area contributed by atoms with E-state index in [4.69, 9.17) is 9.47 Å². The maximum atomic E-state index is 14.3. The van der Waals surface area contributed by atoms with Gasteiger partial charge < -0.3 is 19.5 Å². The van der Waals surface area contributed by atoms with E-state index in [0.29, 0.717) is 47.8 Å². The summed E-state index contributed by atoms with van der Waals surface area (Å²) in [5.41, 5.74) is -0.0142. The van der Waals surface area contributed by atoms with Crippen LogP contribution < -0.4 is 9.47 Å². The van der Waals surface area contributed by atoms with Crippen molar-refractivity contribution < 1.29 is 32.5 Å². The van der Waals surface area contributed by atoms with Gasteiger partial charge in [-0.2, -0.15) is 18.3 Å². The van der Waals surface area contributed by atoms with E-state index in [0.717, 1.165) is 11.8 Å². The summed E-state index contributed by atoms with van der Waals surface area (Å²) in [6.45, 7) is 2.59. The Morgan fingerprint density at radius 1 is 1.05 bits per heavy atom. The first-order valence-corrected chi connectivity index (χ1v) is 12.9. The number of nitrogens with zero attached hydrogens (tertiary/aromatic N) is 6. The molecule has 1 fully saturated rings. The number of fused-ring (bicyclic) bond motifs is 1. The lowest BCUT2D eigenvalue weighted by Gasteiger charge is -2.38. The summed E-state index contributed by atoms with van der Waals surface area (Å²) in [6, 6.07) is 7.84. The van der Waals surface area contributed by atoms with Gasteiger partial charge in [-0.05, 0) is 37.3 Å². The van der Waals surface area contributed by atoms with Crippen LogP contribution >= 0.6 is 0 Å². The molecule has 0 aliphatic carbocycles. The van der Waals surface area contributed by atoms with Gasteiger partial charge in [0.1, 0.15) is 17.1 Å². The molecule has 5 rings (SSSR count). The molecule has 0 bridgehead atoms. The first kappa shape index (κ1) is 28.3. The van der Waals surface area contributed by atoms with E-state index in [9.17, 15) is 23.1 Å². The van der Waals surface area contributed by atoms with E-state index in [1.807, 2.05) is 4.90 Å². The molecule has 0 radical (unpaired) electrons. The van der Waals surface area contributed by atoms with E-state index >= 15 is 0 Å². The van der Waals surface area contributed by atoms with Crippen LogP contribution in [0.2, 0.25) is 0 Å². The van der Waals surface area contributed by atoms with Gasteiger partial charge in [0.2, 0.25) is 0 Å². The number of carbonyl (C=O) groups is 1. The molecule has 1 atom stereocenters. The number of aliphatic hydroxyl groups excluding tert-OH is 1. The number of pyridine rings is 1. The average molecular weight is 571 g/mol. The molecule has 3 aromatic heterocycles. The summed E-state index contributed by atoms with van der Waals surface area (Å²) in [5.74, 6) is 0.677. The second-order valence-electron chi connectivity index (χ2n) is 9.60. The fourth-order valence-electron chi connectivity index (χ4n) is 5.24. The molecule has 41 heavy (non-hydrogen) atoms. The lowest BCUT2D eigenvalue weighted by atomic mass is 10.0. The minimum Gasteiger partial charge on any atom is -0.497 e. The van der Waals surface area contributed by atoms with Crippen LogP contribution in [0.3, 0.4) is 0 Å². The molecule has 4 aromatic rings. The number of amides is 1. The lowest BCUT2D eigenvalue weighted by molar-refractivity contribution is -0.143. The van der Waals surface area contributed by atoms with E-state index in [1.165, 1.54) is 14.0 Å². The topological polar surface area (TPSA) is 105 Å². The van der Waals surface area contributed by atoms with Crippen LogP contribution in [-0.2, 0) is 6.18 Å². The molecule has 0 saturated carbocycles. The molecule has 4 heterocycles. The number of aromatic nitrogens is 4. The van der Waals surface area contributed by atoms with Crippen LogP contribution in [-0.4, -0.2) is 87.4 Å². The minimum absolute atomic E-state index is 0.0219. The first-order valence-electron chi connectivity index (χ1n) is 12.9. The molecule has 1 aromatic carbocycles. The molecule has 1 N–H and O–H groups in total. The van der Waals surface area contributed by atoms with Crippen molar-refractivity contribution in [3.63, 3.8) is 0 Å². The zero-order chi connectivity index (χ0) is 29.3. The molecule has 1 amide bonds. The Kier molecular flexibility index (Phi) is 7.82. The Morgan fingerprint density at radius 3 is 2.37 bits per heavy atom. The van der Waals surface area contributed by atoms with Gasteiger partial charge in [-0.25, -0.2) is 9.50 Å². The third kappa shape index (κ3) is 5.30. The number of methoxy groups -OCH3 is 2. The molecule has 0 unspecified atom stereocenters. The van der Waals surface area contributed by atoms with E-state index in [-0.39, 0.29) is 35.1 Å². The van der Waals surface area contributed by atoms with Gasteiger partial charge in [0.05, 0.1) is 38.8 Å². The molecule has 1 saturated heterocycles. The van der Waals surface area contributed by atoms with Crippen molar-refractivity contribution in [1.82, 2.24) is 29.4 Å². The number of hydrogen-bond donors (Lipinski definition) is 1. The number of benzene rings is 1. The van der Waals surface area contributed by atoms with E-state index < -0.39 is 17.8 Å². The van der Waals surface area contributed by atoms with Crippen LogP contribution in [0.1, 0.15) is 33.2 Å². The molecule has 1 aliphatic rings. The number of carbonyl (C=O) groups excluding carboxylic acids is 1. The number of piperazine rings is 1. The highest BCUT2D eigenvalue weighted by Gasteiger charge is 2.39. The summed E-state index contributed by atoms with van der Waals surface area (Å²) in [7, 11) is 3.04. The van der Waals surface area contributed by atoms with Crippen molar-refractivity contribution >= 4 is 11.6 Å². The van der Waals surface area contributed by atoms with Crippen molar-refractivity contribution in [1.29, 1.82) is 0 Å². The lowest BCUT2D eigenvalue weighted by Crippen LogP contribution is -2.50. The van der Waals surface area contributed by atoms with Crippen LogP contribution in [0, 0.1) is 6.92 Å². The summed E-state index contributed by atoms with van der Waals surface area (Å²) in [4.78, 5) is 25.8. The van der Waals surface area contributed by atoms with Crippen LogP contribution in [0.15, 0.2) is 48.9 Å². The standard InChI is InChI=1S/C28H29F3N6O4/c1-17-24(18-4-6-19(40-2)7-5-18)34-26-21(15-33-37(26)25(17)28(29,30)31)27(39)36-12-10-35(11-13-36)22(16-38)20-14-32-9-8-23(20)41-3/h4-9,14-15,22,38H,10-13,16H2,1-3H3/t22-/m1/s1. The number of ether oxygens (including phenoxy) is 2. The summed E-state index contributed by atoms with van der Waals surface area (Å²) in [5, 5.41) is 14.1. The first-order chi connectivity index (χ1) is 19.7. The number of hydrogen-bond acceptors (Lipinski definition) is 8. The predicted molar refractivity (Wildman–Crippen MR) is 143 cm³/mol. The smallest absolute Gasteiger partial charge is 0.433 e. The normalized spacial score (nSPS) is 15.2. The predicted octanol–water partition coefficient (Wildman–Crippen LogP) is 3.63. The van der Waals surface area contributed by atoms with E-state index in [2.05, 4.69) is 15.1 Å². The maximum Gasteiger partial charge on any atom is 0.433 e. The van der Waals surface area contributed by atoms with Crippen molar-refractivity contribution in [3.8, 4) is 22.8 Å². The summed E-state index contributed by atoms with van der Waals surface area (Å²) >= 11 is 0. The Hall–Kier alpha value is -4.23. The van der Waals surface area contributed by atoms with Crippen molar-refractivity contribution in [2.75, 3.05) is 47.0 Å². The zero-order valence-electron chi connectivity index (χ0n) is 22.7. The van der Waals surface area contributed by atoms with Crippen LogP contribution in [0.25, 0.3) is 16.9 Å². The van der Waals surface area contributed by atoms with Gasteiger partial charge in [0, 0.05) is 55.3 Å². The minimum atomic E-state index is -4.74. The maximum absolute atomic E-state index is 14.3. The third-order valence-corrected chi connectivity index (χ3v) is 7.35. The second kappa shape index (κ2) is 11.3. The van der Waals surface area contributed by atoms with Gasteiger partial charge in [-0.15, -0.1) is 0 Å². The zero-order valence-corrected chi connectivity index (χ0v) is 22.7.